The lowest BCUT2D eigenvalue weighted by Gasteiger charge is -2.09. The predicted octanol–water partition coefficient (Wildman–Crippen LogP) is 3.46. The zero-order chi connectivity index (χ0) is 24.3. The fourth-order valence-electron chi connectivity index (χ4n) is 2.78. The highest BCUT2D eigenvalue weighted by atomic mass is 16.5. The van der Waals surface area contributed by atoms with Crippen LogP contribution in [0.25, 0.3) is 0 Å². The summed E-state index contributed by atoms with van der Waals surface area (Å²) >= 11 is 0. The number of benzene rings is 3. The van der Waals surface area contributed by atoms with Gasteiger partial charge in [0.05, 0.1) is 33.1 Å². The molecule has 3 rings (SSSR count). The number of ether oxygens (including phenoxy) is 5. The van der Waals surface area contributed by atoms with E-state index in [4.69, 9.17) is 23.7 Å². The average Bonchev–Trinajstić information content (AvgIpc) is 2.88. The van der Waals surface area contributed by atoms with Crippen molar-refractivity contribution < 1.29 is 33.3 Å². The van der Waals surface area contributed by atoms with Crippen molar-refractivity contribution in [2.24, 2.45) is 5.10 Å². The third-order valence-electron chi connectivity index (χ3n) is 4.54. The minimum absolute atomic E-state index is 0.186. The van der Waals surface area contributed by atoms with Gasteiger partial charge in [0.2, 0.25) is 0 Å². The van der Waals surface area contributed by atoms with Crippen LogP contribution in [-0.4, -0.2) is 46.0 Å². The van der Waals surface area contributed by atoms with Gasteiger partial charge in [0, 0.05) is 0 Å². The molecule has 9 heteroatoms. The summed E-state index contributed by atoms with van der Waals surface area (Å²) in [7, 11) is 4.58. The van der Waals surface area contributed by atoms with Crippen molar-refractivity contribution in [1.29, 1.82) is 0 Å². The van der Waals surface area contributed by atoms with Gasteiger partial charge in [-0.25, -0.2) is 10.2 Å². The van der Waals surface area contributed by atoms with Crippen molar-refractivity contribution in [3.05, 3.63) is 77.9 Å². The van der Waals surface area contributed by atoms with Gasteiger partial charge >= 0.3 is 5.97 Å². The highest BCUT2D eigenvalue weighted by Gasteiger charge is 2.13. The summed E-state index contributed by atoms with van der Waals surface area (Å²) in [5, 5.41) is 3.90. The molecule has 0 aliphatic carbocycles. The van der Waals surface area contributed by atoms with E-state index >= 15 is 0 Å². The van der Waals surface area contributed by atoms with E-state index < -0.39 is 11.9 Å². The molecule has 0 radical (unpaired) electrons. The number of carbonyl (C=O) groups excluding carboxylic acids is 2. The molecule has 0 aliphatic rings. The van der Waals surface area contributed by atoms with Gasteiger partial charge in [-0.15, -0.1) is 0 Å². The van der Waals surface area contributed by atoms with Gasteiger partial charge in [-0.1, -0.05) is 0 Å². The number of methoxy groups -OCH3 is 3. The van der Waals surface area contributed by atoms with Gasteiger partial charge in [-0.3, -0.25) is 4.79 Å². The van der Waals surface area contributed by atoms with Gasteiger partial charge in [-0.05, 0) is 72.3 Å². The molecule has 0 atom stereocenters. The molecule has 0 fully saturated rings. The van der Waals surface area contributed by atoms with Crippen LogP contribution in [0.15, 0.2) is 71.8 Å². The molecule has 3 aromatic carbocycles. The standard InChI is InChI=1S/C25H24N2O7/c1-30-19-9-11-20(12-10-19)33-16-24(28)27-26-15-17-4-7-21(8-5-17)34-25(29)18-6-13-22(31-2)23(14-18)32-3/h4-15H,16H2,1-3H3,(H,27,28)/b26-15+. The van der Waals surface area contributed by atoms with Crippen molar-refractivity contribution in [2.45, 2.75) is 0 Å². The Morgan fingerprint density at radius 2 is 1.44 bits per heavy atom. The molecule has 0 aliphatic heterocycles. The maximum Gasteiger partial charge on any atom is 0.343 e. The molecule has 0 unspecified atom stereocenters. The second-order valence-corrected chi connectivity index (χ2v) is 6.79. The maximum absolute atomic E-state index is 12.4. The summed E-state index contributed by atoms with van der Waals surface area (Å²) in [6.07, 6.45) is 1.46. The molecular weight excluding hydrogens is 440 g/mol. The second-order valence-electron chi connectivity index (χ2n) is 6.79. The topological polar surface area (TPSA) is 105 Å². The number of hydrogen-bond acceptors (Lipinski definition) is 8. The lowest BCUT2D eigenvalue weighted by molar-refractivity contribution is -0.123. The summed E-state index contributed by atoms with van der Waals surface area (Å²) < 4.78 is 26.2. The van der Waals surface area contributed by atoms with E-state index in [9.17, 15) is 9.59 Å². The Morgan fingerprint density at radius 1 is 0.794 bits per heavy atom. The molecule has 0 spiro atoms. The Hall–Kier alpha value is -4.53. The summed E-state index contributed by atoms with van der Waals surface area (Å²) in [6, 6.07) is 18.3. The van der Waals surface area contributed by atoms with Crippen molar-refractivity contribution in [3.8, 4) is 28.7 Å². The number of nitrogens with zero attached hydrogens (tertiary/aromatic N) is 1. The summed E-state index contributed by atoms with van der Waals surface area (Å²) in [5.74, 6) is 1.59. The number of amides is 1. The molecule has 176 valence electrons. The maximum atomic E-state index is 12.4. The van der Waals surface area contributed by atoms with Gasteiger partial charge in [0.1, 0.15) is 17.2 Å². The minimum atomic E-state index is -0.536. The molecule has 0 bridgehead atoms. The summed E-state index contributed by atoms with van der Waals surface area (Å²) in [4.78, 5) is 24.3. The molecule has 1 N–H and O–H groups in total. The van der Waals surface area contributed by atoms with Crippen LogP contribution in [0, 0.1) is 0 Å². The molecule has 0 aromatic heterocycles. The van der Waals surface area contributed by atoms with Crippen LogP contribution in [0.3, 0.4) is 0 Å². The largest absolute Gasteiger partial charge is 0.497 e. The molecule has 0 saturated carbocycles. The van der Waals surface area contributed by atoms with E-state index in [1.54, 1.807) is 73.8 Å². The number of hydrogen-bond donors (Lipinski definition) is 1. The number of hydrazone groups is 1. The van der Waals surface area contributed by atoms with Crippen LogP contribution in [0.2, 0.25) is 0 Å². The Morgan fingerprint density at radius 3 is 2.09 bits per heavy atom. The third-order valence-corrected chi connectivity index (χ3v) is 4.54. The number of esters is 1. The zero-order valence-corrected chi connectivity index (χ0v) is 18.9. The smallest absolute Gasteiger partial charge is 0.343 e. The first-order valence-electron chi connectivity index (χ1n) is 10.2. The monoisotopic (exact) mass is 464 g/mol. The first-order valence-corrected chi connectivity index (χ1v) is 10.2. The number of carbonyl (C=O) groups is 2. The van der Waals surface area contributed by atoms with E-state index in [0.29, 0.717) is 39.9 Å². The number of rotatable bonds is 10. The summed E-state index contributed by atoms with van der Waals surface area (Å²) in [6.45, 7) is -0.186. The van der Waals surface area contributed by atoms with Crippen LogP contribution >= 0.6 is 0 Å². The van der Waals surface area contributed by atoms with Crippen molar-refractivity contribution in [1.82, 2.24) is 5.43 Å². The molecule has 0 saturated heterocycles. The fraction of sp³-hybridized carbons (Fsp3) is 0.160. The molecule has 1 amide bonds. The lowest BCUT2D eigenvalue weighted by atomic mass is 10.2. The van der Waals surface area contributed by atoms with E-state index in [1.165, 1.54) is 20.4 Å². The van der Waals surface area contributed by atoms with E-state index in [-0.39, 0.29) is 6.61 Å². The second kappa shape index (κ2) is 11.9. The van der Waals surface area contributed by atoms with Gasteiger partial charge in [0.15, 0.2) is 18.1 Å². The van der Waals surface area contributed by atoms with Crippen LogP contribution < -0.4 is 29.1 Å². The van der Waals surface area contributed by atoms with Crippen LogP contribution in [-0.2, 0) is 4.79 Å². The zero-order valence-electron chi connectivity index (χ0n) is 18.9. The Labute approximate surface area is 196 Å². The van der Waals surface area contributed by atoms with E-state index in [1.807, 2.05) is 0 Å². The molecule has 34 heavy (non-hydrogen) atoms. The third kappa shape index (κ3) is 6.73. The molecule has 3 aromatic rings. The number of nitrogens with one attached hydrogen (secondary N) is 1. The normalized spacial score (nSPS) is 10.4. The molecular formula is C25H24N2O7. The first kappa shape index (κ1) is 24.1. The summed E-state index contributed by atoms with van der Waals surface area (Å²) in [5.41, 5.74) is 3.40. The van der Waals surface area contributed by atoms with E-state index in [2.05, 4.69) is 10.5 Å². The Bertz CT molecular complexity index is 1140. The van der Waals surface area contributed by atoms with Crippen LogP contribution in [0.5, 0.6) is 28.7 Å². The quantitative estimate of drug-likeness (QED) is 0.212. The van der Waals surface area contributed by atoms with Crippen LogP contribution in [0.4, 0.5) is 0 Å². The predicted molar refractivity (Wildman–Crippen MR) is 125 cm³/mol. The van der Waals surface area contributed by atoms with Crippen molar-refractivity contribution in [2.75, 3.05) is 27.9 Å². The average molecular weight is 464 g/mol. The molecule has 9 nitrogen and oxygen atoms in total. The van der Waals surface area contributed by atoms with Gasteiger partial charge < -0.3 is 23.7 Å². The highest BCUT2D eigenvalue weighted by Crippen LogP contribution is 2.28. The molecule has 0 heterocycles. The minimum Gasteiger partial charge on any atom is -0.497 e. The fourth-order valence-corrected chi connectivity index (χ4v) is 2.78. The Kier molecular flexibility index (Phi) is 8.45. The van der Waals surface area contributed by atoms with Crippen molar-refractivity contribution in [3.63, 3.8) is 0 Å². The Balaban J connectivity index is 1.48. The first-order chi connectivity index (χ1) is 16.5. The lowest BCUT2D eigenvalue weighted by Crippen LogP contribution is -2.24. The van der Waals surface area contributed by atoms with Crippen LogP contribution in [0.1, 0.15) is 15.9 Å². The van der Waals surface area contributed by atoms with Crippen molar-refractivity contribution >= 4 is 18.1 Å². The van der Waals surface area contributed by atoms with Gasteiger partial charge in [0.25, 0.3) is 5.91 Å². The SMILES string of the molecule is COc1ccc(OCC(=O)N/N=C/c2ccc(OC(=O)c3ccc(OC)c(OC)c3)cc2)cc1. The highest BCUT2D eigenvalue weighted by molar-refractivity contribution is 5.92. The van der Waals surface area contributed by atoms with Gasteiger partial charge in [-0.2, -0.15) is 5.10 Å². The van der Waals surface area contributed by atoms with E-state index in [0.717, 1.165) is 0 Å².